The van der Waals surface area contributed by atoms with Crippen molar-refractivity contribution in [3.8, 4) is 0 Å². The molecule has 1 amide bonds. The van der Waals surface area contributed by atoms with Crippen molar-refractivity contribution in [3.05, 3.63) is 11.6 Å². The summed E-state index contributed by atoms with van der Waals surface area (Å²) in [5.74, 6) is -2.34. The fourth-order valence-corrected chi connectivity index (χ4v) is 3.16. The second-order valence-corrected chi connectivity index (χ2v) is 5.87. The molecule has 2 rings (SSSR count). The number of carbonyl (C=O) groups excluding carboxylic acids is 2. The summed E-state index contributed by atoms with van der Waals surface area (Å²) in [6.07, 6.45) is 8.43. The number of allylic oxidation sites excluding steroid dienone is 2. The fraction of sp³-hybridized carbons (Fsp3) is 0.733. The first kappa shape index (κ1) is 14.1. The minimum atomic E-state index is -1.10. The Hall–Kier alpha value is -1.32. The Morgan fingerprint density at radius 2 is 1.89 bits per heavy atom. The van der Waals surface area contributed by atoms with E-state index in [0.717, 1.165) is 31.3 Å². The Kier molecular flexibility index (Phi) is 4.61. The highest BCUT2D eigenvalue weighted by Crippen LogP contribution is 2.30. The summed E-state index contributed by atoms with van der Waals surface area (Å²) in [5, 5.41) is 14.2. The maximum Gasteiger partial charge on any atom is 0.224 e. The van der Waals surface area contributed by atoms with Gasteiger partial charge in [-0.1, -0.05) is 30.9 Å². The molecular formula is C15H22NO3-. The molecule has 1 fully saturated rings. The molecule has 0 bridgehead atoms. The first-order valence-electron chi connectivity index (χ1n) is 7.25. The van der Waals surface area contributed by atoms with Gasteiger partial charge in [-0.2, -0.15) is 0 Å². The van der Waals surface area contributed by atoms with Gasteiger partial charge in [-0.15, -0.1) is 0 Å². The van der Waals surface area contributed by atoms with E-state index in [2.05, 4.69) is 5.32 Å². The van der Waals surface area contributed by atoms with E-state index in [4.69, 9.17) is 0 Å². The van der Waals surface area contributed by atoms with Crippen molar-refractivity contribution in [2.45, 2.75) is 57.9 Å². The molecular weight excluding hydrogens is 242 g/mol. The van der Waals surface area contributed by atoms with Crippen molar-refractivity contribution < 1.29 is 14.7 Å². The summed E-state index contributed by atoms with van der Waals surface area (Å²) in [6.45, 7) is 1.95. The number of amides is 1. The zero-order chi connectivity index (χ0) is 13.8. The predicted molar refractivity (Wildman–Crippen MR) is 70.0 cm³/mol. The lowest BCUT2D eigenvalue weighted by Gasteiger charge is -2.32. The molecule has 0 aromatic heterocycles. The smallest absolute Gasteiger partial charge is 0.224 e. The molecule has 0 heterocycles. The zero-order valence-corrected chi connectivity index (χ0v) is 11.5. The van der Waals surface area contributed by atoms with Crippen molar-refractivity contribution in [1.82, 2.24) is 5.32 Å². The van der Waals surface area contributed by atoms with E-state index in [0.29, 0.717) is 12.8 Å². The van der Waals surface area contributed by atoms with Gasteiger partial charge in [-0.25, -0.2) is 0 Å². The molecule has 0 radical (unpaired) electrons. The van der Waals surface area contributed by atoms with Crippen LogP contribution in [0.4, 0.5) is 0 Å². The number of rotatable bonds is 3. The van der Waals surface area contributed by atoms with Gasteiger partial charge in [-0.3, -0.25) is 4.79 Å². The molecule has 1 N–H and O–H groups in total. The first-order valence-corrected chi connectivity index (χ1v) is 7.25. The Morgan fingerprint density at radius 1 is 1.21 bits per heavy atom. The molecule has 1 saturated carbocycles. The number of nitrogens with one attached hydrogen (secondary N) is 1. The lowest BCUT2D eigenvalue weighted by Crippen LogP contribution is -2.47. The van der Waals surface area contributed by atoms with Gasteiger partial charge < -0.3 is 15.2 Å². The summed E-state index contributed by atoms with van der Waals surface area (Å²) < 4.78 is 0. The summed E-state index contributed by atoms with van der Waals surface area (Å²) in [4.78, 5) is 23.4. The monoisotopic (exact) mass is 264 g/mol. The number of carboxylic acids is 1. The van der Waals surface area contributed by atoms with Gasteiger partial charge in [0.1, 0.15) is 0 Å². The van der Waals surface area contributed by atoms with Gasteiger partial charge in [0.05, 0.1) is 0 Å². The van der Waals surface area contributed by atoms with Crippen molar-refractivity contribution >= 4 is 11.9 Å². The van der Waals surface area contributed by atoms with Gasteiger partial charge in [-0.05, 0) is 32.6 Å². The molecule has 2 aliphatic carbocycles. The van der Waals surface area contributed by atoms with Gasteiger partial charge >= 0.3 is 0 Å². The topological polar surface area (TPSA) is 69.2 Å². The molecule has 106 valence electrons. The molecule has 4 nitrogen and oxygen atoms in total. The molecule has 0 aromatic carbocycles. The third-order valence-corrected chi connectivity index (χ3v) is 4.34. The lowest BCUT2D eigenvalue weighted by molar-refractivity contribution is -0.313. The molecule has 4 heteroatoms. The first-order chi connectivity index (χ1) is 9.08. The summed E-state index contributed by atoms with van der Waals surface area (Å²) >= 11 is 0. The fourth-order valence-electron chi connectivity index (χ4n) is 3.16. The largest absolute Gasteiger partial charge is 0.550 e. The molecule has 0 saturated heterocycles. The van der Waals surface area contributed by atoms with Crippen LogP contribution >= 0.6 is 0 Å². The lowest BCUT2D eigenvalue weighted by atomic mass is 9.79. The van der Waals surface area contributed by atoms with Crippen molar-refractivity contribution in [2.75, 3.05) is 0 Å². The Balaban J connectivity index is 1.98. The van der Waals surface area contributed by atoms with Crippen LogP contribution in [0.3, 0.4) is 0 Å². The van der Waals surface area contributed by atoms with E-state index in [1.165, 1.54) is 6.42 Å². The van der Waals surface area contributed by atoms with Crippen LogP contribution in [0.1, 0.15) is 51.9 Å². The summed E-state index contributed by atoms with van der Waals surface area (Å²) in [6, 6.07) is 0.231. The van der Waals surface area contributed by atoms with Crippen LogP contribution < -0.4 is 10.4 Å². The molecule has 0 spiro atoms. The molecule has 0 unspecified atom stereocenters. The van der Waals surface area contributed by atoms with Gasteiger partial charge in [0, 0.05) is 23.8 Å². The van der Waals surface area contributed by atoms with Crippen LogP contribution in [0.2, 0.25) is 0 Å². The van der Waals surface area contributed by atoms with Crippen LogP contribution in [-0.2, 0) is 9.59 Å². The predicted octanol–water partition coefficient (Wildman–Crippen LogP) is 1.16. The molecule has 0 aromatic rings. The molecule has 19 heavy (non-hydrogen) atoms. The number of carbonyl (C=O) groups is 2. The molecule has 2 aliphatic rings. The van der Waals surface area contributed by atoms with Crippen LogP contribution in [0.15, 0.2) is 11.6 Å². The molecule has 2 atom stereocenters. The quantitative estimate of drug-likeness (QED) is 0.778. The van der Waals surface area contributed by atoms with Crippen LogP contribution in [-0.4, -0.2) is 17.9 Å². The van der Waals surface area contributed by atoms with Gasteiger partial charge in [0.15, 0.2) is 0 Å². The Labute approximate surface area is 114 Å². The van der Waals surface area contributed by atoms with Crippen LogP contribution in [0, 0.1) is 11.8 Å². The molecule has 0 aliphatic heterocycles. The number of hydrogen-bond donors (Lipinski definition) is 1. The van der Waals surface area contributed by atoms with E-state index < -0.39 is 17.8 Å². The van der Waals surface area contributed by atoms with Crippen molar-refractivity contribution in [3.63, 3.8) is 0 Å². The maximum absolute atomic E-state index is 12.3. The van der Waals surface area contributed by atoms with Crippen molar-refractivity contribution in [2.24, 2.45) is 11.8 Å². The SMILES string of the molecule is CC1=CC[C@H](C(=O)[O-])[C@@H](C(=O)NC2CCCCC2)C1. The highest BCUT2D eigenvalue weighted by atomic mass is 16.4. The highest BCUT2D eigenvalue weighted by Gasteiger charge is 2.32. The summed E-state index contributed by atoms with van der Waals surface area (Å²) in [5.41, 5.74) is 1.10. The number of aliphatic carboxylic acids is 1. The average molecular weight is 264 g/mol. The van der Waals surface area contributed by atoms with Crippen molar-refractivity contribution in [1.29, 1.82) is 0 Å². The van der Waals surface area contributed by atoms with E-state index in [1.807, 2.05) is 13.0 Å². The van der Waals surface area contributed by atoms with E-state index in [1.54, 1.807) is 0 Å². The minimum Gasteiger partial charge on any atom is -0.550 e. The van der Waals surface area contributed by atoms with Gasteiger partial charge in [0.25, 0.3) is 0 Å². The second kappa shape index (κ2) is 6.22. The maximum atomic E-state index is 12.3. The van der Waals surface area contributed by atoms with Gasteiger partial charge in [0.2, 0.25) is 5.91 Å². The van der Waals surface area contributed by atoms with E-state index >= 15 is 0 Å². The Morgan fingerprint density at radius 3 is 2.53 bits per heavy atom. The van der Waals surface area contributed by atoms with Crippen LogP contribution in [0.5, 0.6) is 0 Å². The van der Waals surface area contributed by atoms with Crippen LogP contribution in [0.25, 0.3) is 0 Å². The third-order valence-electron chi connectivity index (χ3n) is 4.34. The third kappa shape index (κ3) is 3.58. The second-order valence-electron chi connectivity index (χ2n) is 5.87. The Bertz CT molecular complexity index is 383. The average Bonchev–Trinajstić information content (AvgIpc) is 2.39. The van der Waals surface area contributed by atoms with E-state index in [9.17, 15) is 14.7 Å². The zero-order valence-electron chi connectivity index (χ0n) is 11.5. The van der Waals surface area contributed by atoms with E-state index in [-0.39, 0.29) is 11.9 Å². The summed E-state index contributed by atoms with van der Waals surface area (Å²) in [7, 11) is 0. The normalized spacial score (nSPS) is 28.6. The minimum absolute atomic E-state index is 0.103. The standard InChI is InChI=1S/C15H23NO3/c1-10-7-8-12(15(18)19)13(9-10)14(17)16-11-5-3-2-4-6-11/h7,11-13H,2-6,8-9H2,1H3,(H,16,17)(H,18,19)/p-1/t12-,13-/m0/s1. The number of hydrogen-bond acceptors (Lipinski definition) is 3. The highest BCUT2D eigenvalue weighted by molar-refractivity contribution is 5.85. The number of carboxylic acid groups (broad SMARTS) is 1.